The number of amides is 1. The largest absolute Gasteiger partial charge is 0.324 e. The minimum Gasteiger partial charge on any atom is -0.324 e. The summed E-state index contributed by atoms with van der Waals surface area (Å²) in [5.74, 6) is -0.249. The van der Waals surface area contributed by atoms with Crippen LogP contribution in [0.3, 0.4) is 0 Å². The Morgan fingerprint density at radius 1 is 1.12 bits per heavy atom. The van der Waals surface area contributed by atoms with Gasteiger partial charge in [-0.3, -0.25) is 9.59 Å². The molecule has 1 amide bonds. The molecule has 0 aliphatic carbocycles. The lowest BCUT2D eigenvalue weighted by Gasteiger charge is -2.06. The number of nitrogens with zero attached hydrogens (tertiary/aromatic N) is 1. The standard InChI is InChI=1S/C12H14N2O2/c1-8(9(2)15)13-11-6-4-5-7-12(11)14-10(3)16/h4-7H,1-3H3,(H,14,16). The van der Waals surface area contributed by atoms with Crippen molar-refractivity contribution in [2.45, 2.75) is 20.8 Å². The smallest absolute Gasteiger partial charge is 0.221 e. The zero-order valence-electron chi connectivity index (χ0n) is 9.57. The van der Waals surface area contributed by atoms with Crippen LogP contribution in [0.1, 0.15) is 20.8 Å². The highest BCUT2D eigenvalue weighted by molar-refractivity contribution is 6.38. The number of carbonyl (C=O) groups is 2. The van der Waals surface area contributed by atoms with E-state index in [2.05, 4.69) is 10.3 Å². The summed E-state index contributed by atoms with van der Waals surface area (Å²) in [5, 5.41) is 2.66. The number of ketones is 1. The monoisotopic (exact) mass is 218 g/mol. The second-order valence-electron chi connectivity index (χ2n) is 3.45. The van der Waals surface area contributed by atoms with Gasteiger partial charge in [0, 0.05) is 13.8 Å². The van der Waals surface area contributed by atoms with E-state index < -0.39 is 0 Å². The van der Waals surface area contributed by atoms with Crippen LogP contribution < -0.4 is 5.32 Å². The zero-order valence-corrected chi connectivity index (χ0v) is 9.57. The molecule has 0 heterocycles. The molecule has 16 heavy (non-hydrogen) atoms. The fourth-order valence-electron chi connectivity index (χ4n) is 1.13. The Kier molecular flexibility index (Phi) is 3.94. The number of hydrogen-bond donors (Lipinski definition) is 1. The van der Waals surface area contributed by atoms with E-state index in [1.165, 1.54) is 13.8 Å². The van der Waals surface area contributed by atoms with Crippen LogP contribution in [0.4, 0.5) is 11.4 Å². The number of Topliss-reactive ketones (excluding diaryl/α,β-unsaturated/α-hetero) is 1. The number of aliphatic imine (C=N–C) groups is 1. The molecular formula is C12H14N2O2. The van der Waals surface area contributed by atoms with Crippen LogP contribution >= 0.6 is 0 Å². The summed E-state index contributed by atoms with van der Waals surface area (Å²) in [6, 6.07) is 7.09. The summed E-state index contributed by atoms with van der Waals surface area (Å²) in [4.78, 5) is 26.2. The summed E-state index contributed by atoms with van der Waals surface area (Å²) in [7, 11) is 0. The SMILES string of the molecule is CC(=O)Nc1ccccc1N=C(C)C(C)=O. The average molecular weight is 218 g/mol. The number of hydrogen-bond acceptors (Lipinski definition) is 3. The maximum Gasteiger partial charge on any atom is 0.221 e. The van der Waals surface area contributed by atoms with Gasteiger partial charge in [-0.2, -0.15) is 0 Å². The summed E-state index contributed by atoms with van der Waals surface area (Å²) < 4.78 is 0. The molecule has 1 N–H and O–H groups in total. The van der Waals surface area contributed by atoms with E-state index in [-0.39, 0.29) is 11.7 Å². The molecule has 0 aromatic heterocycles. The number of carbonyl (C=O) groups excluding carboxylic acids is 2. The van der Waals surface area contributed by atoms with Crippen molar-refractivity contribution in [3.63, 3.8) is 0 Å². The molecule has 0 unspecified atom stereocenters. The first-order valence-corrected chi connectivity index (χ1v) is 4.93. The van der Waals surface area contributed by atoms with Gasteiger partial charge in [0.1, 0.15) is 0 Å². The molecule has 0 spiro atoms. The third-order valence-corrected chi connectivity index (χ3v) is 2.01. The predicted molar refractivity (Wildman–Crippen MR) is 64.2 cm³/mol. The molecule has 0 atom stereocenters. The highest BCUT2D eigenvalue weighted by atomic mass is 16.1. The summed E-state index contributed by atoms with van der Waals surface area (Å²) >= 11 is 0. The second kappa shape index (κ2) is 5.21. The molecule has 0 aliphatic heterocycles. The van der Waals surface area contributed by atoms with Crippen molar-refractivity contribution in [2.24, 2.45) is 4.99 Å². The predicted octanol–water partition coefficient (Wildman–Crippen LogP) is 2.33. The van der Waals surface area contributed by atoms with E-state index in [9.17, 15) is 9.59 Å². The van der Waals surface area contributed by atoms with Crippen molar-refractivity contribution in [3.05, 3.63) is 24.3 Å². The Morgan fingerprint density at radius 2 is 1.75 bits per heavy atom. The van der Waals surface area contributed by atoms with E-state index in [1.807, 2.05) is 0 Å². The molecule has 84 valence electrons. The Balaban J connectivity index is 3.08. The second-order valence-corrected chi connectivity index (χ2v) is 3.45. The number of para-hydroxylation sites is 2. The van der Waals surface area contributed by atoms with Gasteiger partial charge in [0.05, 0.1) is 17.1 Å². The van der Waals surface area contributed by atoms with Crippen LogP contribution in [-0.2, 0) is 9.59 Å². The molecule has 4 heteroatoms. The third kappa shape index (κ3) is 3.31. The summed E-state index contributed by atoms with van der Waals surface area (Å²) in [6.07, 6.45) is 0. The Hall–Kier alpha value is -1.97. The molecule has 1 aromatic carbocycles. The van der Waals surface area contributed by atoms with Crippen LogP contribution in [0, 0.1) is 0 Å². The lowest BCUT2D eigenvalue weighted by Crippen LogP contribution is -2.07. The van der Waals surface area contributed by atoms with Gasteiger partial charge in [0.15, 0.2) is 5.78 Å². The van der Waals surface area contributed by atoms with Crippen molar-refractivity contribution in [2.75, 3.05) is 5.32 Å². The van der Waals surface area contributed by atoms with Gasteiger partial charge >= 0.3 is 0 Å². The first-order chi connectivity index (χ1) is 7.50. The normalized spacial score (nSPS) is 11.1. The Morgan fingerprint density at radius 3 is 2.31 bits per heavy atom. The van der Waals surface area contributed by atoms with Crippen LogP contribution in [0.15, 0.2) is 29.3 Å². The maximum absolute atomic E-state index is 11.1. The van der Waals surface area contributed by atoms with E-state index in [4.69, 9.17) is 0 Å². The van der Waals surface area contributed by atoms with Crippen molar-refractivity contribution < 1.29 is 9.59 Å². The lowest BCUT2D eigenvalue weighted by atomic mass is 10.2. The van der Waals surface area contributed by atoms with Gasteiger partial charge < -0.3 is 5.32 Å². The van der Waals surface area contributed by atoms with Crippen LogP contribution in [-0.4, -0.2) is 17.4 Å². The highest BCUT2D eigenvalue weighted by Gasteiger charge is 2.04. The van der Waals surface area contributed by atoms with Crippen molar-refractivity contribution in [1.29, 1.82) is 0 Å². The van der Waals surface area contributed by atoms with Gasteiger partial charge in [-0.25, -0.2) is 4.99 Å². The summed E-state index contributed by atoms with van der Waals surface area (Å²) in [6.45, 7) is 4.53. The molecule has 0 radical (unpaired) electrons. The number of rotatable bonds is 3. The van der Waals surface area contributed by atoms with Gasteiger partial charge in [-0.05, 0) is 19.1 Å². The number of anilines is 1. The summed E-state index contributed by atoms with van der Waals surface area (Å²) in [5.41, 5.74) is 1.61. The van der Waals surface area contributed by atoms with Crippen molar-refractivity contribution in [3.8, 4) is 0 Å². The number of benzene rings is 1. The molecule has 0 fully saturated rings. The topological polar surface area (TPSA) is 58.5 Å². The third-order valence-electron chi connectivity index (χ3n) is 2.01. The average Bonchev–Trinajstić information content (AvgIpc) is 2.20. The maximum atomic E-state index is 11.1. The van der Waals surface area contributed by atoms with Crippen molar-refractivity contribution >= 4 is 28.8 Å². The van der Waals surface area contributed by atoms with Gasteiger partial charge in [-0.15, -0.1) is 0 Å². The quantitative estimate of drug-likeness (QED) is 0.791. The minimum atomic E-state index is -0.164. The van der Waals surface area contributed by atoms with Crippen LogP contribution in [0.5, 0.6) is 0 Å². The first kappa shape index (κ1) is 12.1. The van der Waals surface area contributed by atoms with Crippen LogP contribution in [0.25, 0.3) is 0 Å². The Labute approximate surface area is 94.4 Å². The molecule has 1 aromatic rings. The van der Waals surface area contributed by atoms with Gasteiger partial charge in [0.2, 0.25) is 5.91 Å². The van der Waals surface area contributed by atoms with E-state index in [1.54, 1.807) is 31.2 Å². The minimum absolute atomic E-state index is 0.0855. The molecule has 0 saturated carbocycles. The number of nitrogens with one attached hydrogen (secondary N) is 1. The zero-order chi connectivity index (χ0) is 12.1. The molecule has 1 rings (SSSR count). The lowest BCUT2D eigenvalue weighted by molar-refractivity contribution is -0.114. The van der Waals surface area contributed by atoms with E-state index in [0.29, 0.717) is 17.1 Å². The molecule has 4 nitrogen and oxygen atoms in total. The van der Waals surface area contributed by atoms with Gasteiger partial charge in [-0.1, -0.05) is 12.1 Å². The Bertz CT molecular complexity index is 450. The van der Waals surface area contributed by atoms with E-state index >= 15 is 0 Å². The van der Waals surface area contributed by atoms with Gasteiger partial charge in [0.25, 0.3) is 0 Å². The molecule has 0 bridgehead atoms. The molecule has 0 saturated heterocycles. The molecular weight excluding hydrogens is 204 g/mol. The van der Waals surface area contributed by atoms with Crippen molar-refractivity contribution in [1.82, 2.24) is 0 Å². The fraction of sp³-hybridized carbons (Fsp3) is 0.250. The highest BCUT2D eigenvalue weighted by Crippen LogP contribution is 2.24. The fourth-order valence-corrected chi connectivity index (χ4v) is 1.13. The van der Waals surface area contributed by atoms with Crippen LogP contribution in [0.2, 0.25) is 0 Å². The first-order valence-electron chi connectivity index (χ1n) is 4.93. The van der Waals surface area contributed by atoms with E-state index in [0.717, 1.165) is 0 Å². The molecule has 0 aliphatic rings.